The molecule has 0 radical (unpaired) electrons. The van der Waals surface area contributed by atoms with Crippen LogP contribution < -0.4 is 0 Å². The van der Waals surface area contributed by atoms with Gasteiger partial charge in [0, 0.05) is 13.0 Å². The van der Waals surface area contributed by atoms with Gasteiger partial charge >= 0.3 is 6.09 Å². The largest absolute Gasteiger partial charge is 0.447 e. The zero-order valence-corrected chi connectivity index (χ0v) is 18.2. The third-order valence-corrected chi connectivity index (χ3v) is 4.73. The van der Waals surface area contributed by atoms with Crippen molar-refractivity contribution >= 4 is 6.09 Å². The summed E-state index contributed by atoms with van der Waals surface area (Å²) in [6.45, 7) is 12.4. The predicted molar refractivity (Wildman–Crippen MR) is 115 cm³/mol. The Balaban J connectivity index is 0.000000280. The van der Waals surface area contributed by atoms with Crippen LogP contribution in [0.5, 0.6) is 0 Å². The van der Waals surface area contributed by atoms with Crippen molar-refractivity contribution in [1.82, 2.24) is 4.90 Å². The molecule has 0 bridgehead atoms. The molecule has 4 heteroatoms. The first-order chi connectivity index (χ1) is 13.5. The molecule has 1 aromatic carbocycles. The van der Waals surface area contributed by atoms with Gasteiger partial charge in [-0.25, -0.2) is 4.79 Å². The molecule has 0 saturated carbocycles. The molecule has 2 rings (SSSR count). The fourth-order valence-electron chi connectivity index (χ4n) is 2.92. The lowest BCUT2D eigenvalue weighted by atomic mass is 10.0. The highest BCUT2D eigenvalue weighted by atomic mass is 16.6. The van der Waals surface area contributed by atoms with Gasteiger partial charge in [0.05, 0.1) is 18.8 Å². The van der Waals surface area contributed by atoms with E-state index in [0.717, 1.165) is 19.4 Å². The number of cyclic esters (lactones) is 1. The van der Waals surface area contributed by atoms with E-state index in [1.54, 1.807) is 0 Å². The smallest absolute Gasteiger partial charge is 0.410 e. The van der Waals surface area contributed by atoms with Gasteiger partial charge in [-0.15, -0.1) is 11.8 Å². The topological polar surface area (TPSA) is 38.8 Å². The molecule has 1 fully saturated rings. The van der Waals surface area contributed by atoms with Gasteiger partial charge in [0.15, 0.2) is 0 Å². The lowest BCUT2D eigenvalue weighted by molar-refractivity contribution is 0.0566. The Kier molecular flexibility index (Phi) is 12.1. The Labute approximate surface area is 171 Å². The van der Waals surface area contributed by atoms with Crippen LogP contribution in [0.25, 0.3) is 0 Å². The summed E-state index contributed by atoms with van der Waals surface area (Å²) in [5, 5.41) is 0. The molecular weight excluding hydrogens is 350 g/mol. The monoisotopic (exact) mass is 387 g/mol. The Morgan fingerprint density at radius 2 is 1.93 bits per heavy atom. The number of hydrogen-bond donors (Lipinski definition) is 0. The molecular formula is C24H37NO3. The van der Waals surface area contributed by atoms with Crippen molar-refractivity contribution in [3.8, 4) is 11.8 Å². The highest BCUT2D eigenvalue weighted by Gasteiger charge is 2.34. The van der Waals surface area contributed by atoms with Gasteiger partial charge in [-0.3, -0.25) is 0 Å². The molecule has 0 spiro atoms. The van der Waals surface area contributed by atoms with E-state index in [9.17, 15) is 4.79 Å². The summed E-state index contributed by atoms with van der Waals surface area (Å²) in [6, 6.07) is 10.5. The zero-order valence-electron chi connectivity index (χ0n) is 18.2. The number of amides is 1. The maximum atomic E-state index is 11.4. The molecule has 0 aliphatic carbocycles. The SMILES string of the molecule is CC#CC[C@@H](C)OCc1ccccc1.CCCCCN1C(=O)OC[C@@H]1C(C)C. The molecule has 1 heterocycles. The summed E-state index contributed by atoms with van der Waals surface area (Å²) in [4.78, 5) is 13.3. The van der Waals surface area contributed by atoms with Crippen molar-refractivity contribution in [3.63, 3.8) is 0 Å². The molecule has 0 unspecified atom stereocenters. The molecule has 156 valence electrons. The number of unbranched alkanes of at least 4 members (excludes halogenated alkanes) is 2. The minimum Gasteiger partial charge on any atom is -0.447 e. The van der Waals surface area contributed by atoms with Gasteiger partial charge in [-0.05, 0) is 31.7 Å². The van der Waals surface area contributed by atoms with E-state index in [2.05, 4.69) is 44.7 Å². The average Bonchev–Trinajstić information content (AvgIpc) is 3.07. The van der Waals surface area contributed by atoms with E-state index in [0.29, 0.717) is 25.2 Å². The standard InChI is InChI=1S/C13H16O.C11H21NO2/c1-3-4-8-12(2)14-11-13-9-6-5-7-10-13;1-4-5-6-7-12-10(9(2)3)8-14-11(12)13/h5-7,9-10,12H,8,11H2,1-2H3;9-10H,4-8H2,1-3H3/t12-;10-/m11/s1. The van der Waals surface area contributed by atoms with Crippen molar-refractivity contribution in [2.45, 2.75) is 79.1 Å². The second-order valence-corrected chi connectivity index (χ2v) is 7.53. The van der Waals surface area contributed by atoms with Crippen LogP contribution in [0.15, 0.2) is 30.3 Å². The first-order valence-electron chi connectivity index (χ1n) is 10.5. The normalized spacial score (nSPS) is 16.7. The Bertz CT molecular complexity index is 603. The molecule has 0 aromatic heterocycles. The van der Waals surface area contributed by atoms with Gasteiger partial charge in [-0.2, -0.15) is 0 Å². The quantitative estimate of drug-likeness (QED) is 0.405. The van der Waals surface area contributed by atoms with Gasteiger partial charge in [0.1, 0.15) is 6.61 Å². The van der Waals surface area contributed by atoms with Gasteiger partial charge in [0.2, 0.25) is 0 Å². The van der Waals surface area contributed by atoms with Crippen molar-refractivity contribution in [2.75, 3.05) is 13.2 Å². The Hall–Kier alpha value is -1.99. The van der Waals surface area contributed by atoms with Crippen molar-refractivity contribution < 1.29 is 14.3 Å². The van der Waals surface area contributed by atoms with E-state index < -0.39 is 0 Å². The van der Waals surface area contributed by atoms with E-state index in [4.69, 9.17) is 9.47 Å². The first-order valence-corrected chi connectivity index (χ1v) is 10.5. The molecule has 1 aliphatic heterocycles. The van der Waals surface area contributed by atoms with Crippen LogP contribution >= 0.6 is 0 Å². The van der Waals surface area contributed by atoms with E-state index >= 15 is 0 Å². The third-order valence-electron chi connectivity index (χ3n) is 4.73. The summed E-state index contributed by atoms with van der Waals surface area (Å²) in [5.41, 5.74) is 1.21. The Morgan fingerprint density at radius 3 is 2.54 bits per heavy atom. The molecule has 1 aliphatic rings. The highest BCUT2D eigenvalue weighted by Crippen LogP contribution is 2.19. The fraction of sp³-hybridized carbons (Fsp3) is 0.625. The Morgan fingerprint density at radius 1 is 1.21 bits per heavy atom. The number of nitrogens with zero attached hydrogens (tertiary/aromatic N) is 1. The van der Waals surface area contributed by atoms with Crippen LogP contribution in [0.1, 0.15) is 65.9 Å². The molecule has 28 heavy (non-hydrogen) atoms. The number of carbonyl (C=O) groups is 1. The highest BCUT2D eigenvalue weighted by molar-refractivity contribution is 5.70. The molecule has 1 aromatic rings. The van der Waals surface area contributed by atoms with Crippen molar-refractivity contribution in [3.05, 3.63) is 35.9 Å². The second kappa shape index (κ2) is 14.1. The lowest BCUT2D eigenvalue weighted by Crippen LogP contribution is -2.37. The molecule has 2 atom stereocenters. The van der Waals surface area contributed by atoms with Gasteiger partial charge < -0.3 is 14.4 Å². The van der Waals surface area contributed by atoms with Crippen molar-refractivity contribution in [1.29, 1.82) is 0 Å². The molecule has 1 saturated heterocycles. The number of hydrogen-bond acceptors (Lipinski definition) is 3. The van der Waals surface area contributed by atoms with Gasteiger partial charge in [0.25, 0.3) is 0 Å². The summed E-state index contributed by atoms with van der Waals surface area (Å²) < 4.78 is 10.7. The van der Waals surface area contributed by atoms with Crippen LogP contribution in [0.3, 0.4) is 0 Å². The number of rotatable bonds is 9. The van der Waals surface area contributed by atoms with E-state index in [1.807, 2.05) is 36.9 Å². The maximum absolute atomic E-state index is 11.4. The fourth-order valence-corrected chi connectivity index (χ4v) is 2.92. The number of benzene rings is 1. The summed E-state index contributed by atoms with van der Waals surface area (Å²) in [7, 11) is 0. The minimum absolute atomic E-state index is 0.125. The van der Waals surface area contributed by atoms with Crippen molar-refractivity contribution in [2.24, 2.45) is 5.92 Å². The molecule has 1 amide bonds. The predicted octanol–water partition coefficient (Wildman–Crippen LogP) is 5.66. The van der Waals surface area contributed by atoms with Crippen LogP contribution in [0.4, 0.5) is 4.79 Å². The minimum atomic E-state index is -0.125. The van der Waals surface area contributed by atoms with Crippen LogP contribution in [0.2, 0.25) is 0 Å². The average molecular weight is 388 g/mol. The number of ether oxygens (including phenoxy) is 2. The first kappa shape index (κ1) is 24.0. The number of carbonyl (C=O) groups excluding carboxylic acids is 1. The van der Waals surface area contributed by atoms with Crippen LogP contribution in [-0.2, 0) is 16.1 Å². The maximum Gasteiger partial charge on any atom is 0.410 e. The van der Waals surface area contributed by atoms with Crippen LogP contribution in [-0.4, -0.2) is 36.3 Å². The van der Waals surface area contributed by atoms with E-state index in [-0.39, 0.29) is 12.2 Å². The summed E-state index contributed by atoms with van der Waals surface area (Å²) >= 11 is 0. The summed E-state index contributed by atoms with van der Waals surface area (Å²) in [5.74, 6) is 6.37. The molecule has 0 N–H and O–H groups in total. The summed E-state index contributed by atoms with van der Waals surface area (Å²) in [6.07, 6.45) is 4.37. The zero-order chi connectivity index (χ0) is 20.8. The molecule has 4 nitrogen and oxygen atoms in total. The van der Waals surface area contributed by atoms with Crippen LogP contribution in [0, 0.1) is 17.8 Å². The lowest BCUT2D eigenvalue weighted by Gasteiger charge is -2.24. The van der Waals surface area contributed by atoms with Gasteiger partial charge in [-0.1, -0.05) is 63.9 Å². The third kappa shape index (κ3) is 9.28. The second-order valence-electron chi connectivity index (χ2n) is 7.53. The van der Waals surface area contributed by atoms with E-state index in [1.165, 1.54) is 18.4 Å².